The minimum Gasteiger partial charge on any atom is -0.392 e. The maximum absolute atomic E-state index is 9.21. The van der Waals surface area contributed by atoms with E-state index in [2.05, 4.69) is 26.1 Å². The number of nitrogens with one attached hydrogen (secondary N) is 1. The molecule has 1 rings (SSSR count). The van der Waals surface area contributed by atoms with Crippen LogP contribution in [0.1, 0.15) is 33.6 Å². The molecule has 0 aliphatic heterocycles. The van der Waals surface area contributed by atoms with Gasteiger partial charge < -0.3 is 10.4 Å². The number of hydrogen-bond acceptors (Lipinski definition) is 2. The largest absolute Gasteiger partial charge is 0.392 e. The van der Waals surface area contributed by atoms with E-state index in [1.165, 1.54) is 0 Å². The molecule has 2 unspecified atom stereocenters. The van der Waals surface area contributed by atoms with Gasteiger partial charge in [0.05, 0.1) is 6.10 Å². The summed E-state index contributed by atoms with van der Waals surface area (Å²) in [6.07, 6.45) is 1.99. The Hall–Kier alpha value is -0.0800. The average Bonchev–Trinajstić information content (AvgIpc) is 1.78. The van der Waals surface area contributed by atoms with E-state index in [1.54, 1.807) is 0 Å². The van der Waals surface area contributed by atoms with Gasteiger partial charge >= 0.3 is 0 Å². The van der Waals surface area contributed by atoms with Gasteiger partial charge in [-0.05, 0) is 33.6 Å². The van der Waals surface area contributed by atoms with E-state index in [0.29, 0.717) is 6.04 Å². The fourth-order valence-corrected chi connectivity index (χ4v) is 1.21. The van der Waals surface area contributed by atoms with Gasteiger partial charge in [-0.2, -0.15) is 0 Å². The molecule has 0 aromatic carbocycles. The number of aliphatic hydroxyl groups is 1. The van der Waals surface area contributed by atoms with E-state index < -0.39 is 0 Å². The minimum atomic E-state index is -0.0979. The molecule has 0 saturated heterocycles. The Morgan fingerprint density at radius 3 is 2.00 bits per heavy atom. The molecule has 1 saturated carbocycles. The molecule has 0 aromatic heterocycles. The lowest BCUT2D eigenvalue weighted by molar-refractivity contribution is 0.0374. The number of hydrogen-bond donors (Lipinski definition) is 2. The van der Waals surface area contributed by atoms with Crippen LogP contribution in [0.25, 0.3) is 0 Å². The van der Waals surface area contributed by atoms with Crippen LogP contribution in [0.4, 0.5) is 0 Å². The smallest absolute Gasteiger partial charge is 0.0693 e. The predicted octanol–water partition coefficient (Wildman–Crippen LogP) is 0.898. The Balaban J connectivity index is 2.26. The molecule has 2 N–H and O–H groups in total. The third kappa shape index (κ3) is 1.96. The van der Waals surface area contributed by atoms with Crippen molar-refractivity contribution >= 4 is 0 Å². The first-order chi connectivity index (χ1) is 4.49. The minimum absolute atomic E-state index is 0.0979. The van der Waals surface area contributed by atoms with E-state index in [-0.39, 0.29) is 11.6 Å². The molecule has 2 nitrogen and oxygen atoms in total. The highest BCUT2D eigenvalue weighted by Crippen LogP contribution is 2.21. The third-order valence-corrected chi connectivity index (χ3v) is 1.86. The van der Waals surface area contributed by atoms with E-state index in [0.717, 1.165) is 12.8 Å². The summed E-state index contributed by atoms with van der Waals surface area (Å²) in [5, 5.41) is 12.6. The van der Waals surface area contributed by atoms with Gasteiger partial charge in [-0.1, -0.05) is 0 Å². The summed E-state index contributed by atoms with van der Waals surface area (Å²) in [5.41, 5.74) is 0.145. The highest BCUT2D eigenvalue weighted by atomic mass is 16.3. The highest BCUT2D eigenvalue weighted by molar-refractivity contribution is 4.90. The zero-order chi connectivity index (χ0) is 7.78. The van der Waals surface area contributed by atoms with Crippen LogP contribution < -0.4 is 5.32 Å². The standard InChI is InChI=1S/C8H17NO/c1-8(2,3)9-6-4-5-7(6)10/h6-7,9-10H,4-5H2,1-3H3. The third-order valence-electron chi connectivity index (χ3n) is 1.86. The molecule has 0 spiro atoms. The Morgan fingerprint density at radius 2 is 1.90 bits per heavy atom. The van der Waals surface area contributed by atoms with Crippen molar-refractivity contribution in [1.82, 2.24) is 5.32 Å². The number of aliphatic hydroxyl groups excluding tert-OH is 1. The molecular formula is C8H17NO. The second kappa shape index (κ2) is 2.51. The van der Waals surface area contributed by atoms with Gasteiger partial charge in [0.15, 0.2) is 0 Å². The molecule has 1 fully saturated rings. The topological polar surface area (TPSA) is 32.3 Å². The fourth-order valence-electron chi connectivity index (χ4n) is 1.21. The van der Waals surface area contributed by atoms with Crippen LogP contribution >= 0.6 is 0 Å². The zero-order valence-electron chi connectivity index (χ0n) is 7.02. The normalized spacial score (nSPS) is 33.6. The van der Waals surface area contributed by atoms with Gasteiger partial charge in [-0.15, -0.1) is 0 Å². The van der Waals surface area contributed by atoms with E-state index in [9.17, 15) is 5.11 Å². The molecule has 0 heterocycles. The van der Waals surface area contributed by atoms with Crippen molar-refractivity contribution in [2.45, 2.75) is 51.3 Å². The Kier molecular flexibility index (Phi) is 2.02. The van der Waals surface area contributed by atoms with Crippen molar-refractivity contribution in [2.24, 2.45) is 0 Å². The SMILES string of the molecule is CC(C)(C)NC1CCC1O. The van der Waals surface area contributed by atoms with Crippen LogP contribution in [0.5, 0.6) is 0 Å². The maximum atomic E-state index is 9.21. The Morgan fingerprint density at radius 1 is 1.30 bits per heavy atom. The number of rotatable bonds is 1. The van der Waals surface area contributed by atoms with Crippen LogP contribution in [0.3, 0.4) is 0 Å². The Labute approximate surface area is 62.6 Å². The van der Waals surface area contributed by atoms with Crippen LogP contribution in [0, 0.1) is 0 Å². The molecule has 1 aliphatic rings. The van der Waals surface area contributed by atoms with Crippen LogP contribution in [0.15, 0.2) is 0 Å². The van der Waals surface area contributed by atoms with Crippen molar-refractivity contribution in [3.05, 3.63) is 0 Å². The van der Waals surface area contributed by atoms with E-state index in [1.807, 2.05) is 0 Å². The molecule has 0 aromatic rings. The maximum Gasteiger partial charge on any atom is 0.0693 e. The summed E-state index contributed by atoms with van der Waals surface area (Å²) in [6, 6.07) is 0.347. The zero-order valence-corrected chi connectivity index (χ0v) is 7.02. The molecule has 1 aliphatic carbocycles. The van der Waals surface area contributed by atoms with Gasteiger partial charge in [0, 0.05) is 11.6 Å². The summed E-state index contributed by atoms with van der Waals surface area (Å²) in [7, 11) is 0. The van der Waals surface area contributed by atoms with Crippen LogP contribution in [-0.4, -0.2) is 22.8 Å². The van der Waals surface area contributed by atoms with E-state index >= 15 is 0 Å². The average molecular weight is 143 g/mol. The quantitative estimate of drug-likeness (QED) is 0.571. The molecule has 0 bridgehead atoms. The summed E-state index contributed by atoms with van der Waals surface area (Å²) < 4.78 is 0. The first kappa shape index (κ1) is 8.02. The van der Waals surface area contributed by atoms with Gasteiger partial charge in [0.1, 0.15) is 0 Å². The fraction of sp³-hybridized carbons (Fsp3) is 1.00. The van der Waals surface area contributed by atoms with Crippen molar-refractivity contribution in [1.29, 1.82) is 0 Å². The van der Waals surface area contributed by atoms with Gasteiger partial charge in [-0.3, -0.25) is 0 Å². The van der Waals surface area contributed by atoms with Crippen molar-refractivity contribution in [2.75, 3.05) is 0 Å². The molecule has 0 amide bonds. The first-order valence-corrected chi connectivity index (χ1v) is 3.95. The summed E-state index contributed by atoms with van der Waals surface area (Å²) >= 11 is 0. The molecule has 10 heavy (non-hydrogen) atoms. The lowest BCUT2D eigenvalue weighted by Crippen LogP contribution is -2.54. The second-order valence-electron chi connectivity index (χ2n) is 4.15. The van der Waals surface area contributed by atoms with Crippen LogP contribution in [0.2, 0.25) is 0 Å². The van der Waals surface area contributed by atoms with Crippen molar-refractivity contribution in [3.8, 4) is 0 Å². The van der Waals surface area contributed by atoms with Gasteiger partial charge in [0.2, 0.25) is 0 Å². The molecule has 2 heteroatoms. The monoisotopic (exact) mass is 143 g/mol. The highest BCUT2D eigenvalue weighted by Gasteiger charge is 2.31. The first-order valence-electron chi connectivity index (χ1n) is 3.95. The van der Waals surface area contributed by atoms with Gasteiger partial charge in [-0.25, -0.2) is 0 Å². The summed E-state index contributed by atoms with van der Waals surface area (Å²) in [5.74, 6) is 0. The lowest BCUT2D eigenvalue weighted by atomic mass is 9.87. The Bertz CT molecular complexity index is 117. The molecule has 60 valence electrons. The molecular weight excluding hydrogens is 126 g/mol. The van der Waals surface area contributed by atoms with Gasteiger partial charge in [0.25, 0.3) is 0 Å². The molecule has 0 radical (unpaired) electrons. The van der Waals surface area contributed by atoms with Crippen molar-refractivity contribution < 1.29 is 5.11 Å². The second-order valence-corrected chi connectivity index (χ2v) is 4.15. The van der Waals surface area contributed by atoms with E-state index in [4.69, 9.17) is 0 Å². The van der Waals surface area contributed by atoms with Crippen LogP contribution in [-0.2, 0) is 0 Å². The molecule has 2 atom stereocenters. The summed E-state index contributed by atoms with van der Waals surface area (Å²) in [6.45, 7) is 6.37. The predicted molar refractivity (Wildman–Crippen MR) is 41.9 cm³/mol. The van der Waals surface area contributed by atoms with Crippen molar-refractivity contribution in [3.63, 3.8) is 0 Å². The summed E-state index contributed by atoms with van der Waals surface area (Å²) in [4.78, 5) is 0. The lowest BCUT2D eigenvalue weighted by Gasteiger charge is -2.38.